The van der Waals surface area contributed by atoms with Crippen molar-refractivity contribution in [1.82, 2.24) is 19.8 Å². The first-order valence-electron chi connectivity index (χ1n) is 8.80. The number of hydrogen-bond acceptors (Lipinski definition) is 3. The highest BCUT2D eigenvalue weighted by atomic mass is 16.3. The van der Waals surface area contributed by atoms with Crippen molar-refractivity contribution in [2.75, 3.05) is 6.54 Å². The molecule has 6 heteroatoms. The number of benzene rings is 1. The number of fused-ring (bicyclic) bond motifs is 1. The maximum Gasteiger partial charge on any atom is 0.318 e. The molecular weight excluding hydrogens is 316 g/mol. The molecule has 4 rings (SSSR count). The molecule has 1 aliphatic rings. The van der Waals surface area contributed by atoms with Crippen molar-refractivity contribution in [1.29, 1.82) is 0 Å². The molecule has 0 radical (unpaired) electrons. The lowest BCUT2D eigenvalue weighted by Gasteiger charge is -2.25. The molecule has 3 heterocycles. The minimum absolute atomic E-state index is 0.0175. The second kappa shape index (κ2) is 6.63. The molecule has 3 aromatic rings. The van der Waals surface area contributed by atoms with Gasteiger partial charge in [-0.3, -0.25) is 0 Å². The minimum Gasteiger partial charge on any atom is -0.467 e. The summed E-state index contributed by atoms with van der Waals surface area (Å²) in [4.78, 5) is 19.4. The molecule has 1 aliphatic heterocycles. The van der Waals surface area contributed by atoms with Gasteiger partial charge in [0, 0.05) is 13.1 Å². The molecule has 2 amide bonds. The predicted octanol–water partition coefficient (Wildman–Crippen LogP) is 3.70. The summed E-state index contributed by atoms with van der Waals surface area (Å²) in [5, 5.41) is 2.95. The fourth-order valence-electron chi connectivity index (χ4n) is 3.64. The van der Waals surface area contributed by atoms with Crippen LogP contribution in [-0.2, 0) is 13.1 Å². The van der Waals surface area contributed by atoms with E-state index in [-0.39, 0.29) is 12.1 Å². The van der Waals surface area contributed by atoms with Gasteiger partial charge >= 0.3 is 6.03 Å². The molecule has 130 valence electrons. The van der Waals surface area contributed by atoms with Crippen LogP contribution >= 0.6 is 0 Å². The van der Waals surface area contributed by atoms with Gasteiger partial charge in [0.15, 0.2) is 0 Å². The van der Waals surface area contributed by atoms with Gasteiger partial charge in [-0.05, 0) is 44.0 Å². The van der Waals surface area contributed by atoms with Crippen molar-refractivity contribution in [2.24, 2.45) is 0 Å². The summed E-state index contributed by atoms with van der Waals surface area (Å²) >= 11 is 0. The van der Waals surface area contributed by atoms with E-state index in [2.05, 4.69) is 22.9 Å². The predicted molar refractivity (Wildman–Crippen MR) is 95.0 cm³/mol. The molecule has 1 saturated heterocycles. The Morgan fingerprint density at radius 3 is 3.00 bits per heavy atom. The monoisotopic (exact) mass is 338 g/mol. The number of nitrogens with zero attached hydrogens (tertiary/aromatic N) is 3. The summed E-state index contributed by atoms with van der Waals surface area (Å²) in [7, 11) is 0. The number of hydrogen-bond donors (Lipinski definition) is 1. The number of aromatic nitrogens is 2. The normalized spacial score (nSPS) is 17.3. The largest absolute Gasteiger partial charge is 0.467 e. The van der Waals surface area contributed by atoms with Gasteiger partial charge in [0.2, 0.25) is 0 Å². The van der Waals surface area contributed by atoms with E-state index >= 15 is 0 Å². The van der Waals surface area contributed by atoms with Gasteiger partial charge in [-0.1, -0.05) is 12.1 Å². The van der Waals surface area contributed by atoms with E-state index in [9.17, 15) is 4.79 Å². The Labute approximate surface area is 146 Å². The third-order valence-electron chi connectivity index (χ3n) is 4.81. The van der Waals surface area contributed by atoms with Crippen LogP contribution in [0.25, 0.3) is 11.0 Å². The third kappa shape index (κ3) is 2.88. The fraction of sp³-hybridized carbons (Fsp3) is 0.368. The Morgan fingerprint density at radius 2 is 2.20 bits per heavy atom. The summed E-state index contributed by atoms with van der Waals surface area (Å²) in [6.45, 7) is 4.11. The van der Waals surface area contributed by atoms with Crippen LogP contribution in [0.15, 0.2) is 47.1 Å². The van der Waals surface area contributed by atoms with Gasteiger partial charge in [0.05, 0.1) is 29.9 Å². The number of rotatable bonds is 4. The van der Waals surface area contributed by atoms with Gasteiger partial charge in [0.25, 0.3) is 0 Å². The van der Waals surface area contributed by atoms with E-state index in [1.54, 1.807) is 6.26 Å². The van der Waals surface area contributed by atoms with Crippen molar-refractivity contribution in [2.45, 2.75) is 38.9 Å². The number of imidazole rings is 1. The molecule has 0 aliphatic carbocycles. The van der Waals surface area contributed by atoms with Gasteiger partial charge in [-0.25, -0.2) is 9.78 Å². The average molecular weight is 338 g/mol. The van der Waals surface area contributed by atoms with Crippen LogP contribution in [-0.4, -0.2) is 27.0 Å². The Balaban J connectivity index is 1.58. The van der Waals surface area contributed by atoms with E-state index < -0.39 is 0 Å². The lowest BCUT2D eigenvalue weighted by Crippen LogP contribution is -2.39. The van der Waals surface area contributed by atoms with Crippen LogP contribution in [0.3, 0.4) is 0 Å². The smallest absolute Gasteiger partial charge is 0.318 e. The lowest BCUT2D eigenvalue weighted by atomic mass is 10.2. The molecule has 2 aromatic heterocycles. The first-order valence-corrected chi connectivity index (χ1v) is 8.80. The Morgan fingerprint density at radius 1 is 1.32 bits per heavy atom. The average Bonchev–Trinajstić information content (AvgIpc) is 3.37. The summed E-state index contributed by atoms with van der Waals surface area (Å²) in [6, 6.07) is 11.8. The van der Waals surface area contributed by atoms with Gasteiger partial charge in [-0.15, -0.1) is 0 Å². The minimum atomic E-state index is -0.0615. The van der Waals surface area contributed by atoms with Crippen molar-refractivity contribution in [3.63, 3.8) is 0 Å². The third-order valence-corrected chi connectivity index (χ3v) is 4.81. The second-order valence-corrected chi connectivity index (χ2v) is 6.29. The maximum atomic E-state index is 12.7. The molecule has 1 atom stereocenters. The number of urea groups is 1. The molecular formula is C19H22N4O2. The SMILES string of the molecule is CCn1c([C@@H]2CCCN2C(=O)NCc2ccco2)nc2ccccc21. The number of nitrogens with one attached hydrogen (secondary N) is 1. The van der Waals surface area contributed by atoms with Crippen molar-refractivity contribution >= 4 is 17.1 Å². The van der Waals surface area contributed by atoms with Crippen LogP contribution < -0.4 is 5.32 Å². The quantitative estimate of drug-likeness (QED) is 0.789. The summed E-state index contributed by atoms with van der Waals surface area (Å²) < 4.78 is 7.51. The molecule has 0 unspecified atom stereocenters. The molecule has 1 aromatic carbocycles. The van der Waals surface area contributed by atoms with Crippen LogP contribution in [0.1, 0.15) is 37.4 Å². The Bertz CT molecular complexity index is 869. The van der Waals surface area contributed by atoms with Crippen molar-refractivity contribution < 1.29 is 9.21 Å². The molecule has 1 fully saturated rings. The summed E-state index contributed by atoms with van der Waals surface area (Å²) in [5.74, 6) is 1.74. The number of carbonyl (C=O) groups is 1. The zero-order valence-corrected chi connectivity index (χ0v) is 14.3. The topological polar surface area (TPSA) is 63.3 Å². The molecule has 0 saturated carbocycles. The van der Waals surface area contributed by atoms with Crippen LogP contribution in [0.2, 0.25) is 0 Å². The van der Waals surface area contributed by atoms with Crippen molar-refractivity contribution in [3.8, 4) is 0 Å². The summed E-state index contributed by atoms with van der Waals surface area (Å²) in [5.41, 5.74) is 2.12. The molecule has 0 bridgehead atoms. The van der Waals surface area contributed by atoms with Gasteiger partial charge < -0.3 is 19.2 Å². The highest BCUT2D eigenvalue weighted by molar-refractivity contribution is 5.77. The van der Waals surface area contributed by atoms with Crippen LogP contribution in [0.4, 0.5) is 4.79 Å². The van der Waals surface area contributed by atoms with E-state index in [0.29, 0.717) is 6.54 Å². The molecule has 1 N–H and O–H groups in total. The maximum absolute atomic E-state index is 12.7. The number of likely N-dealkylation sites (tertiary alicyclic amines) is 1. The number of amides is 2. The second-order valence-electron chi connectivity index (χ2n) is 6.29. The lowest BCUT2D eigenvalue weighted by molar-refractivity contribution is 0.188. The highest BCUT2D eigenvalue weighted by Gasteiger charge is 2.33. The fourth-order valence-corrected chi connectivity index (χ4v) is 3.64. The molecule has 6 nitrogen and oxygen atoms in total. The number of para-hydroxylation sites is 2. The van der Waals surface area contributed by atoms with E-state index in [1.807, 2.05) is 35.2 Å². The van der Waals surface area contributed by atoms with E-state index in [1.165, 1.54) is 0 Å². The van der Waals surface area contributed by atoms with Crippen LogP contribution in [0, 0.1) is 0 Å². The number of furan rings is 1. The zero-order valence-electron chi connectivity index (χ0n) is 14.3. The molecule has 0 spiro atoms. The van der Waals surface area contributed by atoms with Crippen LogP contribution in [0.5, 0.6) is 0 Å². The van der Waals surface area contributed by atoms with E-state index in [4.69, 9.17) is 9.40 Å². The zero-order chi connectivity index (χ0) is 17.2. The van der Waals surface area contributed by atoms with Gasteiger partial charge in [0.1, 0.15) is 11.6 Å². The Hall–Kier alpha value is -2.76. The first kappa shape index (κ1) is 15.7. The van der Waals surface area contributed by atoms with Gasteiger partial charge in [-0.2, -0.15) is 0 Å². The first-order chi connectivity index (χ1) is 12.3. The van der Waals surface area contributed by atoms with E-state index in [0.717, 1.165) is 48.5 Å². The highest BCUT2D eigenvalue weighted by Crippen LogP contribution is 2.33. The number of carbonyl (C=O) groups excluding carboxylic acids is 1. The standard InChI is InChI=1S/C19H22N4O2/c1-2-22-16-9-4-3-8-15(16)21-18(22)17-10-5-11-23(17)19(24)20-13-14-7-6-12-25-14/h3-4,6-9,12,17H,2,5,10-11,13H2,1H3,(H,20,24)/t17-/m0/s1. The summed E-state index contributed by atoms with van der Waals surface area (Å²) in [6.07, 6.45) is 3.55. The molecule has 25 heavy (non-hydrogen) atoms. The Kier molecular flexibility index (Phi) is 4.17. The number of aryl methyl sites for hydroxylation is 1. The van der Waals surface area contributed by atoms with Crippen molar-refractivity contribution in [3.05, 3.63) is 54.2 Å².